The monoisotopic (exact) mass is 463 g/mol. The molecule has 0 radical (unpaired) electrons. The number of esters is 2. The van der Waals surface area contributed by atoms with Crippen molar-refractivity contribution in [2.45, 2.75) is 27.3 Å². The summed E-state index contributed by atoms with van der Waals surface area (Å²) in [5.41, 5.74) is 3.19. The minimum Gasteiger partial charge on any atom is -0.469 e. The fraction of sp³-hybridized carbons (Fsp3) is 0.308. The second-order valence-corrected chi connectivity index (χ2v) is 7.92. The number of hydrogen-bond acceptors (Lipinski definition) is 6. The van der Waals surface area contributed by atoms with Gasteiger partial charge in [-0.25, -0.2) is 9.48 Å². The van der Waals surface area contributed by atoms with E-state index < -0.39 is 11.9 Å². The first-order valence-corrected chi connectivity index (χ1v) is 11.1. The number of carbonyl (C=O) groups is 3. The quantitative estimate of drug-likeness (QED) is 0.448. The Kier molecular flexibility index (Phi) is 8.19. The van der Waals surface area contributed by atoms with E-state index in [2.05, 4.69) is 5.10 Å². The van der Waals surface area contributed by atoms with Crippen LogP contribution in [-0.4, -0.2) is 52.8 Å². The molecule has 0 saturated carbocycles. The molecule has 1 atom stereocenters. The van der Waals surface area contributed by atoms with Crippen LogP contribution in [0.25, 0.3) is 5.69 Å². The third-order valence-corrected chi connectivity index (χ3v) is 5.47. The number of carbonyl (C=O) groups excluding carboxylic acids is 3. The molecule has 0 spiro atoms. The fourth-order valence-corrected chi connectivity index (χ4v) is 3.64. The predicted molar refractivity (Wildman–Crippen MR) is 127 cm³/mol. The summed E-state index contributed by atoms with van der Waals surface area (Å²) in [7, 11) is 1.34. The number of aromatic nitrogens is 2. The normalized spacial score (nSPS) is 11.5. The van der Waals surface area contributed by atoms with E-state index >= 15 is 0 Å². The maximum Gasteiger partial charge on any atom is 0.341 e. The largest absolute Gasteiger partial charge is 0.469 e. The van der Waals surface area contributed by atoms with Gasteiger partial charge in [0.05, 0.1) is 37.2 Å². The van der Waals surface area contributed by atoms with Gasteiger partial charge in [0.15, 0.2) is 0 Å². The molecular formula is C26H29N3O5. The molecule has 3 aromatic rings. The first-order chi connectivity index (χ1) is 16.3. The van der Waals surface area contributed by atoms with Crippen molar-refractivity contribution in [1.82, 2.24) is 14.7 Å². The summed E-state index contributed by atoms with van der Waals surface area (Å²) in [5, 5.41) is 4.29. The van der Waals surface area contributed by atoms with E-state index in [0.29, 0.717) is 29.1 Å². The summed E-state index contributed by atoms with van der Waals surface area (Å²) in [5.74, 6) is -1.46. The number of methoxy groups -OCH3 is 1. The van der Waals surface area contributed by atoms with Crippen molar-refractivity contribution in [3.8, 4) is 5.69 Å². The summed E-state index contributed by atoms with van der Waals surface area (Å²) in [4.78, 5) is 39.1. The van der Waals surface area contributed by atoms with Crippen molar-refractivity contribution >= 4 is 17.8 Å². The van der Waals surface area contributed by atoms with Crippen LogP contribution in [0.15, 0.2) is 60.8 Å². The fourth-order valence-electron chi connectivity index (χ4n) is 3.64. The van der Waals surface area contributed by atoms with Gasteiger partial charge in [0.2, 0.25) is 0 Å². The van der Waals surface area contributed by atoms with Gasteiger partial charge in [-0.1, -0.05) is 37.3 Å². The first-order valence-electron chi connectivity index (χ1n) is 11.1. The van der Waals surface area contributed by atoms with E-state index in [0.717, 1.165) is 5.56 Å². The molecular weight excluding hydrogens is 434 g/mol. The smallest absolute Gasteiger partial charge is 0.341 e. The standard InChI is InChI=1S/C26H29N3O5/c1-5-34-26(32)23-15-27-29(19(23)3)22-13-11-21(12-14-22)24(30)28(16-18(2)25(31)33-4)17-20-9-7-6-8-10-20/h6-15,18H,5,16-17H2,1-4H3/t18-/m0/s1. The zero-order valence-electron chi connectivity index (χ0n) is 19.9. The molecule has 0 fully saturated rings. The Hall–Kier alpha value is -3.94. The lowest BCUT2D eigenvalue weighted by Crippen LogP contribution is -2.36. The summed E-state index contributed by atoms with van der Waals surface area (Å²) in [6, 6.07) is 16.6. The highest BCUT2D eigenvalue weighted by Gasteiger charge is 2.23. The van der Waals surface area contributed by atoms with Crippen LogP contribution in [-0.2, 0) is 20.8 Å². The molecule has 8 heteroatoms. The Balaban J connectivity index is 1.83. The number of amides is 1. The maximum absolute atomic E-state index is 13.4. The number of rotatable bonds is 9. The molecule has 0 bridgehead atoms. The molecule has 1 aromatic heterocycles. The van der Waals surface area contributed by atoms with Crippen molar-refractivity contribution in [3.63, 3.8) is 0 Å². The van der Waals surface area contributed by atoms with Gasteiger partial charge < -0.3 is 14.4 Å². The topological polar surface area (TPSA) is 90.7 Å². The number of benzene rings is 2. The van der Waals surface area contributed by atoms with Gasteiger partial charge >= 0.3 is 11.9 Å². The molecule has 0 aliphatic carbocycles. The molecule has 0 unspecified atom stereocenters. The van der Waals surface area contributed by atoms with Crippen LogP contribution in [0.4, 0.5) is 0 Å². The van der Waals surface area contributed by atoms with Crippen LogP contribution < -0.4 is 0 Å². The number of hydrogen-bond donors (Lipinski definition) is 0. The first kappa shape index (κ1) is 24.7. The summed E-state index contributed by atoms with van der Waals surface area (Å²) in [6.07, 6.45) is 1.47. The molecule has 8 nitrogen and oxygen atoms in total. The lowest BCUT2D eigenvalue weighted by Gasteiger charge is -2.25. The Bertz CT molecular complexity index is 1140. The molecule has 3 rings (SSSR count). The Labute approximate surface area is 199 Å². The second kappa shape index (κ2) is 11.3. The van der Waals surface area contributed by atoms with E-state index in [1.807, 2.05) is 30.3 Å². The molecule has 0 aliphatic rings. The highest BCUT2D eigenvalue weighted by molar-refractivity contribution is 5.94. The molecule has 1 heterocycles. The highest BCUT2D eigenvalue weighted by atomic mass is 16.5. The van der Waals surface area contributed by atoms with Crippen LogP contribution in [0.3, 0.4) is 0 Å². The zero-order chi connectivity index (χ0) is 24.7. The molecule has 0 aliphatic heterocycles. The number of ether oxygens (including phenoxy) is 2. The van der Waals surface area contributed by atoms with Crippen LogP contribution in [0.5, 0.6) is 0 Å². The molecule has 0 saturated heterocycles. The van der Waals surface area contributed by atoms with Gasteiger partial charge in [-0.05, 0) is 43.7 Å². The molecule has 0 N–H and O–H groups in total. The van der Waals surface area contributed by atoms with E-state index in [9.17, 15) is 14.4 Å². The van der Waals surface area contributed by atoms with Crippen molar-refractivity contribution < 1.29 is 23.9 Å². The van der Waals surface area contributed by atoms with Crippen LogP contribution in [0.2, 0.25) is 0 Å². The predicted octanol–water partition coefficient (Wildman–Crippen LogP) is 3.81. The van der Waals surface area contributed by atoms with Crippen molar-refractivity contribution in [1.29, 1.82) is 0 Å². The molecule has 178 valence electrons. The van der Waals surface area contributed by atoms with Crippen LogP contribution in [0, 0.1) is 12.8 Å². The second-order valence-electron chi connectivity index (χ2n) is 7.92. The van der Waals surface area contributed by atoms with Gasteiger partial charge in [-0.3, -0.25) is 9.59 Å². The van der Waals surface area contributed by atoms with Crippen molar-refractivity contribution in [2.24, 2.45) is 5.92 Å². The molecule has 1 amide bonds. The lowest BCUT2D eigenvalue weighted by molar-refractivity contribution is -0.145. The minimum absolute atomic E-state index is 0.199. The third-order valence-electron chi connectivity index (χ3n) is 5.47. The number of nitrogens with zero attached hydrogens (tertiary/aromatic N) is 3. The average molecular weight is 464 g/mol. The zero-order valence-corrected chi connectivity index (χ0v) is 19.9. The summed E-state index contributed by atoms with van der Waals surface area (Å²) >= 11 is 0. The summed E-state index contributed by atoms with van der Waals surface area (Å²) in [6.45, 7) is 6.15. The van der Waals surface area contributed by atoms with Gasteiger partial charge in [0.25, 0.3) is 5.91 Å². The SMILES string of the molecule is CCOC(=O)c1cnn(-c2ccc(C(=O)N(Cc3ccccc3)C[C@H](C)C(=O)OC)cc2)c1C. The van der Waals surface area contributed by atoms with Crippen LogP contribution >= 0.6 is 0 Å². The highest BCUT2D eigenvalue weighted by Crippen LogP contribution is 2.18. The maximum atomic E-state index is 13.4. The van der Waals surface area contributed by atoms with Crippen molar-refractivity contribution in [2.75, 3.05) is 20.3 Å². The minimum atomic E-state index is -0.468. The van der Waals surface area contributed by atoms with Gasteiger partial charge in [-0.15, -0.1) is 0 Å². The summed E-state index contributed by atoms with van der Waals surface area (Å²) < 4.78 is 11.5. The lowest BCUT2D eigenvalue weighted by atomic mass is 10.1. The van der Waals surface area contributed by atoms with E-state index in [-0.39, 0.29) is 25.0 Å². The van der Waals surface area contributed by atoms with E-state index in [1.165, 1.54) is 13.3 Å². The Morgan fingerprint density at radius 3 is 2.35 bits per heavy atom. The van der Waals surface area contributed by atoms with Crippen LogP contribution in [0.1, 0.15) is 45.8 Å². The molecule has 34 heavy (non-hydrogen) atoms. The Morgan fingerprint density at radius 2 is 1.74 bits per heavy atom. The van der Waals surface area contributed by atoms with E-state index in [1.54, 1.807) is 54.6 Å². The Morgan fingerprint density at radius 1 is 1.06 bits per heavy atom. The third kappa shape index (κ3) is 5.70. The molecule has 2 aromatic carbocycles. The van der Waals surface area contributed by atoms with E-state index in [4.69, 9.17) is 9.47 Å². The van der Waals surface area contributed by atoms with Gasteiger partial charge in [0.1, 0.15) is 5.56 Å². The van der Waals surface area contributed by atoms with Gasteiger partial charge in [0, 0.05) is 18.7 Å². The average Bonchev–Trinajstić information content (AvgIpc) is 3.24. The van der Waals surface area contributed by atoms with Gasteiger partial charge in [-0.2, -0.15) is 5.10 Å². The van der Waals surface area contributed by atoms with Crippen molar-refractivity contribution in [3.05, 3.63) is 83.2 Å².